The van der Waals surface area contributed by atoms with Crippen LogP contribution in [0.4, 0.5) is 0 Å². The maximum Gasteiger partial charge on any atom is 0.133 e. The largest absolute Gasteiger partial charge is 0.492 e. The molecule has 0 bridgehead atoms. The summed E-state index contributed by atoms with van der Waals surface area (Å²) in [6.45, 7) is 8.16. The highest BCUT2D eigenvalue weighted by atomic mass is 79.9. The van der Waals surface area contributed by atoms with Gasteiger partial charge in [0.1, 0.15) is 5.75 Å². The molecule has 106 valence electrons. The van der Waals surface area contributed by atoms with Crippen molar-refractivity contribution in [3.63, 3.8) is 0 Å². The number of rotatable bonds is 5. The zero-order chi connectivity index (χ0) is 13.7. The summed E-state index contributed by atoms with van der Waals surface area (Å²) in [6, 6.07) is 7.97. The van der Waals surface area contributed by atoms with E-state index in [9.17, 15) is 0 Å². The minimum absolute atomic E-state index is 0.341. The number of hydrogen-bond acceptors (Lipinski definition) is 3. The third-order valence-electron chi connectivity index (χ3n) is 3.21. The Morgan fingerprint density at radius 1 is 1.26 bits per heavy atom. The molecule has 2 atom stereocenters. The number of para-hydroxylation sites is 1. The maximum atomic E-state index is 5.78. The first kappa shape index (κ1) is 14.8. The number of halogens is 1. The quantitative estimate of drug-likeness (QED) is 0.774. The summed E-state index contributed by atoms with van der Waals surface area (Å²) in [5.74, 6) is 0.922. The summed E-state index contributed by atoms with van der Waals surface area (Å²) in [5, 5.41) is 0. The second-order valence-electron chi connectivity index (χ2n) is 5.15. The van der Waals surface area contributed by atoms with Gasteiger partial charge in [0, 0.05) is 19.6 Å². The average Bonchev–Trinajstić information content (AvgIpc) is 2.35. The van der Waals surface area contributed by atoms with E-state index in [4.69, 9.17) is 9.47 Å². The topological polar surface area (TPSA) is 21.7 Å². The minimum Gasteiger partial charge on any atom is -0.492 e. The van der Waals surface area contributed by atoms with Gasteiger partial charge < -0.3 is 9.47 Å². The molecule has 1 aliphatic heterocycles. The number of nitrogens with zero attached hydrogens (tertiary/aromatic N) is 1. The summed E-state index contributed by atoms with van der Waals surface area (Å²) in [6.07, 6.45) is 1.72. The number of benzene rings is 1. The Kier molecular flexibility index (Phi) is 5.67. The Hall–Kier alpha value is -0.580. The van der Waals surface area contributed by atoms with Crippen molar-refractivity contribution < 1.29 is 9.47 Å². The van der Waals surface area contributed by atoms with Gasteiger partial charge >= 0.3 is 0 Å². The van der Waals surface area contributed by atoms with E-state index in [1.807, 2.05) is 24.3 Å². The summed E-state index contributed by atoms with van der Waals surface area (Å²) in [4.78, 5) is 2.46. The van der Waals surface area contributed by atoms with Gasteiger partial charge in [-0.2, -0.15) is 0 Å². The van der Waals surface area contributed by atoms with Gasteiger partial charge in [0.05, 0.1) is 23.3 Å². The molecule has 0 unspecified atom stereocenters. The molecule has 3 nitrogen and oxygen atoms in total. The van der Waals surface area contributed by atoms with Crippen LogP contribution in [0.2, 0.25) is 0 Å². The van der Waals surface area contributed by atoms with Crippen molar-refractivity contribution in [1.29, 1.82) is 0 Å². The van der Waals surface area contributed by atoms with Gasteiger partial charge in [0.2, 0.25) is 0 Å². The summed E-state index contributed by atoms with van der Waals surface area (Å²) in [5.41, 5.74) is 0. The highest BCUT2D eigenvalue weighted by Gasteiger charge is 2.21. The second kappa shape index (κ2) is 7.27. The van der Waals surface area contributed by atoms with E-state index in [1.165, 1.54) is 0 Å². The average molecular weight is 328 g/mol. The molecule has 1 aromatic carbocycles. The fourth-order valence-electron chi connectivity index (χ4n) is 2.50. The molecule has 19 heavy (non-hydrogen) atoms. The summed E-state index contributed by atoms with van der Waals surface area (Å²) >= 11 is 3.49. The van der Waals surface area contributed by atoms with Crippen LogP contribution in [-0.4, -0.2) is 43.3 Å². The summed E-state index contributed by atoms with van der Waals surface area (Å²) in [7, 11) is 0. The van der Waals surface area contributed by atoms with Gasteiger partial charge in [0.15, 0.2) is 0 Å². The van der Waals surface area contributed by atoms with Gasteiger partial charge in [-0.3, -0.25) is 4.90 Å². The van der Waals surface area contributed by atoms with Crippen molar-refractivity contribution in [1.82, 2.24) is 4.90 Å². The van der Waals surface area contributed by atoms with Crippen LogP contribution in [0, 0.1) is 0 Å². The van der Waals surface area contributed by atoms with Crippen molar-refractivity contribution in [3.8, 4) is 5.75 Å². The van der Waals surface area contributed by atoms with Crippen molar-refractivity contribution in [3.05, 3.63) is 28.7 Å². The molecule has 0 aliphatic carbocycles. The number of ether oxygens (including phenoxy) is 2. The molecule has 0 saturated carbocycles. The van der Waals surface area contributed by atoms with Gasteiger partial charge in [-0.15, -0.1) is 0 Å². The maximum absolute atomic E-state index is 5.78. The van der Waals surface area contributed by atoms with Crippen LogP contribution in [0.25, 0.3) is 0 Å². The molecule has 1 aliphatic rings. The Balaban J connectivity index is 1.68. The van der Waals surface area contributed by atoms with Crippen molar-refractivity contribution in [2.45, 2.75) is 32.5 Å². The van der Waals surface area contributed by atoms with Gasteiger partial charge in [-0.1, -0.05) is 12.1 Å². The standard InChI is InChI=1S/C15H22BrNO2/c1-12-10-17(11-13(2)19-12)8-5-9-18-15-7-4-3-6-14(15)16/h3-4,6-7,12-13H,5,8-11H2,1-2H3/t12-,13+. The molecule has 0 amide bonds. The van der Waals surface area contributed by atoms with E-state index in [2.05, 4.69) is 34.7 Å². The third-order valence-corrected chi connectivity index (χ3v) is 3.86. The lowest BCUT2D eigenvalue weighted by Crippen LogP contribution is -2.45. The minimum atomic E-state index is 0.341. The molecular weight excluding hydrogens is 306 g/mol. The van der Waals surface area contributed by atoms with Crippen LogP contribution in [0.5, 0.6) is 5.75 Å². The van der Waals surface area contributed by atoms with Crippen LogP contribution < -0.4 is 4.74 Å². The molecule has 0 spiro atoms. The van der Waals surface area contributed by atoms with E-state index in [0.29, 0.717) is 12.2 Å². The Bertz CT molecular complexity index is 389. The van der Waals surface area contributed by atoms with Gasteiger partial charge in [0.25, 0.3) is 0 Å². The highest BCUT2D eigenvalue weighted by molar-refractivity contribution is 9.10. The fraction of sp³-hybridized carbons (Fsp3) is 0.600. The van der Waals surface area contributed by atoms with Gasteiger partial charge in [-0.25, -0.2) is 0 Å². The first-order valence-corrected chi connectivity index (χ1v) is 7.69. The Labute approximate surface area is 124 Å². The molecule has 0 aromatic heterocycles. The van der Waals surface area contributed by atoms with Crippen LogP contribution in [-0.2, 0) is 4.74 Å². The van der Waals surface area contributed by atoms with E-state index < -0.39 is 0 Å². The predicted molar refractivity (Wildman–Crippen MR) is 80.7 cm³/mol. The molecule has 1 fully saturated rings. The first-order valence-electron chi connectivity index (χ1n) is 6.90. The van der Waals surface area contributed by atoms with E-state index in [1.54, 1.807) is 0 Å². The molecule has 4 heteroatoms. The third kappa shape index (κ3) is 4.79. The van der Waals surface area contributed by atoms with Crippen LogP contribution in [0.3, 0.4) is 0 Å². The smallest absolute Gasteiger partial charge is 0.133 e. The lowest BCUT2D eigenvalue weighted by molar-refractivity contribution is -0.0686. The van der Waals surface area contributed by atoms with Crippen molar-refractivity contribution in [2.75, 3.05) is 26.2 Å². The zero-order valence-electron chi connectivity index (χ0n) is 11.6. The van der Waals surface area contributed by atoms with Crippen LogP contribution in [0.1, 0.15) is 20.3 Å². The van der Waals surface area contributed by atoms with Crippen molar-refractivity contribution in [2.24, 2.45) is 0 Å². The molecule has 1 heterocycles. The van der Waals surface area contributed by atoms with E-state index in [-0.39, 0.29) is 0 Å². The lowest BCUT2D eigenvalue weighted by atomic mass is 10.2. The van der Waals surface area contributed by atoms with Crippen LogP contribution >= 0.6 is 15.9 Å². The van der Waals surface area contributed by atoms with E-state index in [0.717, 1.165) is 42.9 Å². The zero-order valence-corrected chi connectivity index (χ0v) is 13.2. The number of morpholine rings is 1. The molecule has 0 N–H and O–H groups in total. The van der Waals surface area contributed by atoms with Crippen molar-refractivity contribution >= 4 is 15.9 Å². The molecule has 1 saturated heterocycles. The fourth-order valence-corrected chi connectivity index (χ4v) is 2.90. The van der Waals surface area contributed by atoms with Crippen LogP contribution in [0.15, 0.2) is 28.7 Å². The molecule has 1 aromatic rings. The monoisotopic (exact) mass is 327 g/mol. The Morgan fingerprint density at radius 3 is 2.63 bits per heavy atom. The normalized spacial score (nSPS) is 24.4. The summed E-state index contributed by atoms with van der Waals surface area (Å²) < 4.78 is 12.5. The Morgan fingerprint density at radius 2 is 1.95 bits per heavy atom. The predicted octanol–water partition coefficient (Wildman–Crippen LogP) is 3.33. The lowest BCUT2D eigenvalue weighted by Gasteiger charge is -2.35. The van der Waals surface area contributed by atoms with E-state index >= 15 is 0 Å². The molecule has 2 rings (SSSR count). The first-order chi connectivity index (χ1) is 9.15. The number of hydrogen-bond donors (Lipinski definition) is 0. The SMILES string of the molecule is C[C@@H]1CN(CCCOc2ccccc2Br)C[C@H](C)O1. The highest BCUT2D eigenvalue weighted by Crippen LogP contribution is 2.23. The molecule has 0 radical (unpaired) electrons. The second-order valence-corrected chi connectivity index (χ2v) is 6.00. The van der Waals surface area contributed by atoms with Gasteiger partial charge in [-0.05, 0) is 48.3 Å². The molecular formula is C15H22BrNO2.